The van der Waals surface area contributed by atoms with Gasteiger partial charge in [0.25, 0.3) is 0 Å². The van der Waals surface area contributed by atoms with Crippen LogP contribution in [0.1, 0.15) is 31.1 Å². The molecule has 1 saturated heterocycles. The molecule has 0 N–H and O–H groups in total. The third-order valence-corrected chi connectivity index (χ3v) is 7.06. The fourth-order valence-electron chi connectivity index (χ4n) is 3.39. The molecule has 29 heavy (non-hydrogen) atoms. The Morgan fingerprint density at radius 3 is 2.28 bits per heavy atom. The van der Waals surface area contributed by atoms with Gasteiger partial charge in [0, 0.05) is 44.8 Å². The summed E-state index contributed by atoms with van der Waals surface area (Å²) in [6.07, 6.45) is 0. The smallest absolute Gasteiger partial charge is 0.243 e. The van der Waals surface area contributed by atoms with E-state index >= 15 is 0 Å². The summed E-state index contributed by atoms with van der Waals surface area (Å²) < 4.78 is 27.4. The molecule has 1 aromatic heterocycles. The first-order chi connectivity index (χ1) is 13.9. The molecular formula is C20H27N5O3S. The van der Waals surface area contributed by atoms with Crippen molar-refractivity contribution in [3.8, 4) is 0 Å². The highest BCUT2D eigenvalue weighted by Crippen LogP contribution is 2.21. The van der Waals surface area contributed by atoms with Gasteiger partial charge in [0.1, 0.15) is 0 Å². The zero-order chi connectivity index (χ0) is 21.0. The van der Waals surface area contributed by atoms with Gasteiger partial charge in [-0.3, -0.25) is 4.79 Å². The number of Topliss-reactive ketones (excluding diaryl/α,β-unsaturated/α-hetero) is 1. The van der Waals surface area contributed by atoms with Crippen LogP contribution in [-0.4, -0.2) is 68.0 Å². The number of carbonyl (C=O) groups is 1. The van der Waals surface area contributed by atoms with Crippen LogP contribution in [0.2, 0.25) is 0 Å². The molecule has 0 aliphatic carbocycles. The van der Waals surface area contributed by atoms with Crippen molar-refractivity contribution in [1.82, 2.24) is 14.5 Å². The van der Waals surface area contributed by atoms with E-state index < -0.39 is 10.0 Å². The summed E-state index contributed by atoms with van der Waals surface area (Å²) >= 11 is 0. The maximum absolute atomic E-state index is 13.0. The monoisotopic (exact) mass is 417 g/mol. The van der Waals surface area contributed by atoms with Gasteiger partial charge >= 0.3 is 0 Å². The van der Waals surface area contributed by atoms with Gasteiger partial charge in [-0.1, -0.05) is 12.1 Å². The minimum atomic E-state index is -3.64. The normalized spacial score (nSPS) is 15.3. The lowest BCUT2D eigenvalue weighted by Crippen LogP contribution is -2.49. The predicted molar refractivity (Wildman–Crippen MR) is 113 cm³/mol. The molecule has 8 nitrogen and oxygen atoms in total. The van der Waals surface area contributed by atoms with Crippen LogP contribution in [0, 0.1) is 0 Å². The molecule has 1 aliphatic heterocycles. The van der Waals surface area contributed by atoms with E-state index in [1.165, 1.54) is 23.4 Å². The first-order valence-corrected chi connectivity index (χ1v) is 11.3. The molecule has 0 atom stereocenters. The Labute approximate surface area is 172 Å². The lowest BCUT2D eigenvalue weighted by atomic mass is 10.2. The van der Waals surface area contributed by atoms with E-state index in [0.717, 1.165) is 24.7 Å². The Balaban J connectivity index is 1.68. The lowest BCUT2D eigenvalue weighted by Gasteiger charge is -2.34. The molecule has 0 spiro atoms. The minimum absolute atomic E-state index is 0.154. The average molecular weight is 418 g/mol. The molecule has 0 bridgehead atoms. The summed E-state index contributed by atoms with van der Waals surface area (Å²) in [6.45, 7) is 9.08. The number of hydrogen-bond donors (Lipinski definition) is 0. The van der Waals surface area contributed by atoms with Gasteiger partial charge in [0.15, 0.2) is 17.4 Å². The topological polar surface area (TPSA) is 86.7 Å². The molecule has 1 fully saturated rings. The molecule has 1 aliphatic rings. The van der Waals surface area contributed by atoms with Crippen molar-refractivity contribution < 1.29 is 13.2 Å². The fraction of sp³-hybridized carbons (Fsp3) is 0.450. The number of sulfonamides is 1. The van der Waals surface area contributed by atoms with Crippen molar-refractivity contribution in [2.24, 2.45) is 0 Å². The minimum Gasteiger partial charge on any atom is -0.356 e. The average Bonchev–Trinajstić information content (AvgIpc) is 2.75. The molecule has 156 valence electrons. The Bertz CT molecular complexity index is 950. The summed E-state index contributed by atoms with van der Waals surface area (Å²) in [4.78, 5) is 15.9. The SMILES string of the molecule is CCN(CC)c1ccc(N2CCN(S(=O)(=O)c3cccc(C(C)=O)c3)CC2)nn1. The second-order valence-electron chi connectivity index (χ2n) is 6.90. The fourth-order valence-corrected chi connectivity index (χ4v) is 4.85. The van der Waals surface area contributed by atoms with Crippen molar-refractivity contribution in [2.75, 3.05) is 49.1 Å². The molecule has 0 saturated carbocycles. The van der Waals surface area contributed by atoms with E-state index in [1.54, 1.807) is 12.1 Å². The van der Waals surface area contributed by atoms with E-state index in [4.69, 9.17) is 0 Å². The second-order valence-corrected chi connectivity index (χ2v) is 8.84. The van der Waals surface area contributed by atoms with Crippen LogP contribution in [0.4, 0.5) is 11.6 Å². The Hall–Kier alpha value is -2.52. The number of benzene rings is 1. The summed E-state index contributed by atoms with van der Waals surface area (Å²) in [7, 11) is -3.64. The van der Waals surface area contributed by atoms with Crippen LogP contribution in [0.15, 0.2) is 41.3 Å². The van der Waals surface area contributed by atoms with Crippen LogP contribution in [0.5, 0.6) is 0 Å². The summed E-state index contributed by atoms with van der Waals surface area (Å²) in [5.41, 5.74) is 0.397. The van der Waals surface area contributed by atoms with E-state index in [0.29, 0.717) is 31.7 Å². The molecular weight excluding hydrogens is 390 g/mol. The molecule has 0 amide bonds. The highest BCUT2D eigenvalue weighted by atomic mass is 32.2. The molecule has 2 aromatic rings. The van der Waals surface area contributed by atoms with Gasteiger partial charge in [-0.15, -0.1) is 10.2 Å². The van der Waals surface area contributed by atoms with Gasteiger partial charge in [-0.25, -0.2) is 8.42 Å². The maximum atomic E-state index is 13.0. The van der Waals surface area contributed by atoms with Gasteiger partial charge in [0.05, 0.1) is 4.90 Å². The second kappa shape index (κ2) is 8.87. The highest BCUT2D eigenvalue weighted by Gasteiger charge is 2.29. The summed E-state index contributed by atoms with van der Waals surface area (Å²) in [6, 6.07) is 10.1. The van der Waals surface area contributed by atoms with Gasteiger partial charge in [0.2, 0.25) is 10.0 Å². The van der Waals surface area contributed by atoms with Crippen molar-refractivity contribution in [1.29, 1.82) is 0 Å². The number of hydrogen-bond acceptors (Lipinski definition) is 7. The molecule has 0 unspecified atom stereocenters. The Morgan fingerprint density at radius 1 is 1.03 bits per heavy atom. The van der Waals surface area contributed by atoms with Crippen LogP contribution in [-0.2, 0) is 10.0 Å². The molecule has 3 rings (SSSR count). The number of rotatable bonds is 7. The third kappa shape index (κ3) is 4.56. The maximum Gasteiger partial charge on any atom is 0.243 e. The van der Waals surface area contributed by atoms with Crippen molar-refractivity contribution in [3.05, 3.63) is 42.0 Å². The first kappa shape index (κ1) is 21.2. The number of carbonyl (C=O) groups excluding carboxylic acids is 1. The zero-order valence-electron chi connectivity index (χ0n) is 17.1. The number of nitrogens with zero attached hydrogens (tertiary/aromatic N) is 5. The number of piperazine rings is 1. The van der Waals surface area contributed by atoms with Gasteiger partial charge in [-0.2, -0.15) is 4.31 Å². The Morgan fingerprint density at radius 2 is 1.72 bits per heavy atom. The molecule has 0 radical (unpaired) electrons. The van der Waals surface area contributed by atoms with Crippen LogP contribution in [0.25, 0.3) is 0 Å². The largest absolute Gasteiger partial charge is 0.356 e. The van der Waals surface area contributed by atoms with E-state index in [1.807, 2.05) is 17.0 Å². The zero-order valence-corrected chi connectivity index (χ0v) is 17.9. The quantitative estimate of drug-likeness (QED) is 0.637. The van der Waals surface area contributed by atoms with E-state index in [2.05, 4.69) is 28.9 Å². The van der Waals surface area contributed by atoms with Crippen molar-refractivity contribution >= 4 is 27.4 Å². The Kier molecular flexibility index (Phi) is 6.49. The molecule has 1 aromatic carbocycles. The molecule has 9 heteroatoms. The van der Waals surface area contributed by atoms with E-state index in [-0.39, 0.29) is 10.7 Å². The van der Waals surface area contributed by atoms with Crippen LogP contribution < -0.4 is 9.80 Å². The van der Waals surface area contributed by atoms with Crippen LogP contribution >= 0.6 is 0 Å². The lowest BCUT2D eigenvalue weighted by molar-refractivity contribution is 0.101. The number of aromatic nitrogens is 2. The van der Waals surface area contributed by atoms with Gasteiger partial charge < -0.3 is 9.80 Å². The predicted octanol–water partition coefficient (Wildman–Crippen LogP) is 2.04. The molecule has 2 heterocycles. The number of anilines is 2. The van der Waals surface area contributed by atoms with Crippen molar-refractivity contribution in [3.63, 3.8) is 0 Å². The summed E-state index contributed by atoms with van der Waals surface area (Å²) in [5, 5.41) is 8.63. The first-order valence-electron chi connectivity index (χ1n) is 9.81. The number of ketones is 1. The summed E-state index contributed by atoms with van der Waals surface area (Å²) in [5.74, 6) is 1.43. The van der Waals surface area contributed by atoms with Crippen LogP contribution in [0.3, 0.4) is 0 Å². The van der Waals surface area contributed by atoms with Crippen molar-refractivity contribution in [2.45, 2.75) is 25.7 Å². The van der Waals surface area contributed by atoms with Gasteiger partial charge in [-0.05, 0) is 45.0 Å². The standard InChI is InChI=1S/C20H27N5O3S/c1-4-23(5-2)19-9-10-20(22-21-19)24-11-13-25(14-12-24)29(27,28)18-8-6-7-17(15-18)16(3)26/h6-10,15H,4-5,11-14H2,1-3H3. The highest BCUT2D eigenvalue weighted by molar-refractivity contribution is 7.89. The third-order valence-electron chi connectivity index (χ3n) is 5.16. The van der Waals surface area contributed by atoms with E-state index in [9.17, 15) is 13.2 Å².